The van der Waals surface area contributed by atoms with E-state index in [0.717, 1.165) is 0 Å². The predicted molar refractivity (Wildman–Crippen MR) is 97.7 cm³/mol. The molecule has 0 heterocycles. The van der Waals surface area contributed by atoms with Gasteiger partial charge in [-0.1, -0.05) is 76.2 Å². The van der Waals surface area contributed by atoms with Crippen LogP contribution in [0.5, 0.6) is 0 Å². The fourth-order valence-electron chi connectivity index (χ4n) is 2.25. The van der Waals surface area contributed by atoms with Crippen LogP contribution in [0, 0.1) is 0 Å². The van der Waals surface area contributed by atoms with Crippen LogP contribution in [0.2, 0.25) is 0 Å². The van der Waals surface area contributed by atoms with Crippen LogP contribution < -0.4 is 0 Å². The summed E-state index contributed by atoms with van der Waals surface area (Å²) < 4.78 is 0. The van der Waals surface area contributed by atoms with Crippen LogP contribution in [0.1, 0.15) is 84.0 Å². The zero-order valence-electron chi connectivity index (χ0n) is 13.9. The summed E-state index contributed by atoms with van der Waals surface area (Å²) in [5.74, 6) is 1.34. The average molecular weight is 297 g/mol. The molecule has 0 spiro atoms. The van der Waals surface area contributed by atoms with Crippen molar-refractivity contribution in [3.05, 3.63) is 24.3 Å². The zero-order valence-corrected chi connectivity index (χ0v) is 14.7. The van der Waals surface area contributed by atoms with E-state index in [1.807, 2.05) is 11.8 Å². The van der Waals surface area contributed by atoms with Crippen LogP contribution in [0.4, 0.5) is 0 Å². The third-order valence-electron chi connectivity index (χ3n) is 3.58. The first-order valence-electron chi connectivity index (χ1n) is 8.72. The molecule has 0 aromatic rings. The minimum atomic E-state index is 1.25. The Morgan fingerprint density at radius 3 is 1.70 bits per heavy atom. The summed E-state index contributed by atoms with van der Waals surface area (Å²) >= 11 is 1.97. The van der Waals surface area contributed by atoms with Crippen molar-refractivity contribution in [3.63, 3.8) is 0 Å². The van der Waals surface area contributed by atoms with Crippen molar-refractivity contribution in [3.8, 4) is 0 Å². The summed E-state index contributed by atoms with van der Waals surface area (Å²) in [5, 5.41) is 0. The third-order valence-corrected chi connectivity index (χ3v) is 4.27. The van der Waals surface area contributed by atoms with Gasteiger partial charge in [0.05, 0.1) is 0 Å². The Kier molecular flexibility index (Phi) is 18.7. The number of allylic oxidation sites excluding steroid dienone is 4. The average Bonchev–Trinajstić information content (AvgIpc) is 2.47. The number of hydrogen-bond acceptors (Lipinski definition) is 1. The molecule has 0 fully saturated rings. The van der Waals surface area contributed by atoms with E-state index in [1.165, 1.54) is 82.8 Å². The summed E-state index contributed by atoms with van der Waals surface area (Å²) in [6.45, 7) is 2.27. The van der Waals surface area contributed by atoms with Crippen molar-refractivity contribution in [1.82, 2.24) is 0 Å². The highest BCUT2D eigenvalue weighted by molar-refractivity contribution is 7.98. The molecule has 0 aromatic carbocycles. The van der Waals surface area contributed by atoms with Crippen molar-refractivity contribution in [2.45, 2.75) is 84.0 Å². The van der Waals surface area contributed by atoms with Gasteiger partial charge in [0.15, 0.2) is 0 Å². The summed E-state index contributed by atoms with van der Waals surface area (Å²) in [5.41, 5.74) is 0. The van der Waals surface area contributed by atoms with Crippen LogP contribution in [-0.2, 0) is 0 Å². The molecule has 0 nitrogen and oxygen atoms in total. The van der Waals surface area contributed by atoms with Crippen molar-refractivity contribution in [2.24, 2.45) is 0 Å². The molecule has 0 saturated heterocycles. The smallest absolute Gasteiger partial charge is 0.00703 e. The van der Waals surface area contributed by atoms with Crippen LogP contribution >= 0.6 is 11.8 Å². The van der Waals surface area contributed by atoms with Crippen LogP contribution in [-0.4, -0.2) is 12.0 Å². The van der Waals surface area contributed by atoms with E-state index in [1.54, 1.807) is 0 Å². The maximum atomic E-state index is 2.33. The van der Waals surface area contributed by atoms with Gasteiger partial charge in [-0.15, -0.1) is 0 Å². The van der Waals surface area contributed by atoms with Crippen molar-refractivity contribution < 1.29 is 0 Å². The predicted octanol–water partition coefficient (Wildman–Crippen LogP) is 7.16. The van der Waals surface area contributed by atoms with Gasteiger partial charge in [-0.3, -0.25) is 0 Å². The van der Waals surface area contributed by atoms with E-state index >= 15 is 0 Å². The lowest BCUT2D eigenvalue weighted by Gasteiger charge is -1.99. The maximum absolute atomic E-state index is 2.33. The molecule has 0 amide bonds. The van der Waals surface area contributed by atoms with Gasteiger partial charge in [0.1, 0.15) is 0 Å². The molecule has 0 aliphatic rings. The summed E-state index contributed by atoms with van der Waals surface area (Å²) in [4.78, 5) is 0. The Morgan fingerprint density at radius 1 is 0.650 bits per heavy atom. The quantitative estimate of drug-likeness (QED) is 0.228. The van der Waals surface area contributed by atoms with E-state index in [2.05, 4.69) is 37.5 Å². The first-order valence-corrected chi connectivity index (χ1v) is 10.1. The van der Waals surface area contributed by atoms with Crippen molar-refractivity contribution >= 4 is 11.8 Å². The Balaban J connectivity index is 3.13. The molecule has 0 N–H and O–H groups in total. The second-order valence-electron chi connectivity index (χ2n) is 5.61. The van der Waals surface area contributed by atoms with Crippen molar-refractivity contribution in [2.75, 3.05) is 12.0 Å². The molecule has 0 saturated carbocycles. The maximum Gasteiger partial charge on any atom is -0.00703 e. The molecule has 0 bridgehead atoms. The fraction of sp³-hybridized carbons (Fsp3) is 0.789. The highest BCUT2D eigenvalue weighted by Crippen LogP contribution is 2.09. The standard InChI is InChI=1S/C19H36S/c1-3-4-5-6-7-8-9-10-11-12-13-14-15-16-17-18-19-20-2/h8-11H,3-7,12-19H2,1-2H3. The normalized spacial score (nSPS) is 11.9. The number of unbranched alkanes of at least 4 members (excludes halogenated alkanes) is 10. The third kappa shape index (κ3) is 17.8. The lowest BCUT2D eigenvalue weighted by molar-refractivity contribution is 0.613. The van der Waals surface area contributed by atoms with Gasteiger partial charge < -0.3 is 0 Å². The molecule has 0 aromatic heterocycles. The minimum absolute atomic E-state index is 1.25. The molecule has 1 heteroatoms. The molecule has 0 rings (SSSR count). The number of thioether (sulfide) groups is 1. The van der Waals surface area contributed by atoms with Gasteiger partial charge in [-0.2, -0.15) is 11.8 Å². The Bertz CT molecular complexity index is 218. The largest absolute Gasteiger partial charge is 0.165 e. The van der Waals surface area contributed by atoms with Gasteiger partial charge in [-0.05, 0) is 44.1 Å². The van der Waals surface area contributed by atoms with Crippen LogP contribution in [0.15, 0.2) is 24.3 Å². The lowest BCUT2D eigenvalue weighted by Crippen LogP contribution is -1.81. The van der Waals surface area contributed by atoms with E-state index < -0.39 is 0 Å². The van der Waals surface area contributed by atoms with Crippen LogP contribution in [0.3, 0.4) is 0 Å². The molecule has 0 aliphatic heterocycles. The molecular weight excluding hydrogens is 260 g/mol. The molecular formula is C19H36S. The topological polar surface area (TPSA) is 0 Å². The highest BCUT2D eigenvalue weighted by Gasteiger charge is 1.90. The second kappa shape index (κ2) is 18.8. The summed E-state index contributed by atoms with van der Waals surface area (Å²) in [7, 11) is 0. The highest BCUT2D eigenvalue weighted by atomic mass is 32.2. The van der Waals surface area contributed by atoms with Crippen molar-refractivity contribution in [1.29, 1.82) is 0 Å². The van der Waals surface area contributed by atoms with E-state index in [9.17, 15) is 0 Å². The van der Waals surface area contributed by atoms with Gasteiger partial charge in [0.25, 0.3) is 0 Å². The van der Waals surface area contributed by atoms with E-state index in [0.29, 0.717) is 0 Å². The van der Waals surface area contributed by atoms with E-state index in [-0.39, 0.29) is 0 Å². The first kappa shape index (κ1) is 19.8. The molecule has 118 valence electrons. The Morgan fingerprint density at radius 2 is 1.15 bits per heavy atom. The number of rotatable bonds is 15. The van der Waals surface area contributed by atoms with Gasteiger partial charge in [0.2, 0.25) is 0 Å². The molecule has 0 unspecified atom stereocenters. The van der Waals surface area contributed by atoms with Gasteiger partial charge >= 0.3 is 0 Å². The fourth-order valence-corrected chi connectivity index (χ4v) is 2.75. The SMILES string of the molecule is CCCCCCC=CC=CCCCCCCCCSC. The monoisotopic (exact) mass is 296 g/mol. The van der Waals surface area contributed by atoms with Crippen LogP contribution in [0.25, 0.3) is 0 Å². The molecule has 0 atom stereocenters. The number of hydrogen-bond donors (Lipinski definition) is 0. The van der Waals surface area contributed by atoms with E-state index in [4.69, 9.17) is 0 Å². The first-order chi connectivity index (χ1) is 9.91. The Labute approximate surface area is 132 Å². The summed E-state index contributed by atoms with van der Waals surface area (Å²) in [6, 6.07) is 0. The lowest BCUT2D eigenvalue weighted by atomic mass is 10.1. The van der Waals surface area contributed by atoms with Gasteiger partial charge in [-0.25, -0.2) is 0 Å². The van der Waals surface area contributed by atoms with Gasteiger partial charge in [0, 0.05) is 0 Å². The molecule has 0 radical (unpaired) electrons. The zero-order chi connectivity index (χ0) is 14.7. The second-order valence-corrected chi connectivity index (χ2v) is 6.59. The minimum Gasteiger partial charge on any atom is -0.165 e. The Hall–Kier alpha value is -0.170. The molecule has 20 heavy (non-hydrogen) atoms. The molecule has 0 aliphatic carbocycles. The summed E-state index contributed by atoms with van der Waals surface area (Å²) in [6.07, 6.45) is 27.8.